The smallest absolute Gasteiger partial charge is 0.116 e. The van der Waals surface area contributed by atoms with Crippen LogP contribution in [-0.2, 0) is 12.8 Å². The van der Waals surface area contributed by atoms with Crippen LogP contribution in [0.25, 0.3) is 0 Å². The zero-order valence-electron chi connectivity index (χ0n) is 13.3. The van der Waals surface area contributed by atoms with Gasteiger partial charge in [-0.05, 0) is 48.9 Å². The van der Waals surface area contributed by atoms with Gasteiger partial charge < -0.3 is 10.8 Å². The van der Waals surface area contributed by atoms with Gasteiger partial charge in [-0.3, -0.25) is 0 Å². The Morgan fingerprint density at radius 3 is 1.65 bits per heavy atom. The topological polar surface area (TPSA) is 46.2 Å². The number of nitrogen functional groups attached to an aromatic ring is 1. The molecule has 0 radical (unpaired) electrons. The minimum Gasteiger partial charge on any atom is -0.508 e. The summed E-state index contributed by atoms with van der Waals surface area (Å²) in [6.45, 7) is 4.44. The molecule has 0 amide bonds. The van der Waals surface area contributed by atoms with Gasteiger partial charge in [0.15, 0.2) is 0 Å². The number of nitrogens with two attached hydrogens (primary N) is 1. The molecule has 3 N–H and O–H groups in total. The van der Waals surface area contributed by atoms with E-state index in [-0.39, 0.29) is 0 Å². The van der Waals surface area contributed by atoms with Crippen molar-refractivity contribution in [2.24, 2.45) is 0 Å². The maximum Gasteiger partial charge on any atom is 0.116 e. The summed E-state index contributed by atoms with van der Waals surface area (Å²) in [4.78, 5) is 0. The van der Waals surface area contributed by atoms with Gasteiger partial charge in [0.05, 0.1) is 0 Å². The second-order valence-electron chi connectivity index (χ2n) is 5.80. The summed E-state index contributed by atoms with van der Waals surface area (Å²) in [6.07, 6.45) is 11.9. The van der Waals surface area contributed by atoms with Crippen LogP contribution >= 0.6 is 0 Å². The largest absolute Gasteiger partial charge is 0.508 e. The van der Waals surface area contributed by atoms with Crippen molar-refractivity contribution in [1.29, 1.82) is 0 Å². The molecule has 20 heavy (non-hydrogen) atoms. The lowest BCUT2D eigenvalue weighted by molar-refractivity contribution is 0.473. The Labute approximate surface area is 124 Å². The van der Waals surface area contributed by atoms with Gasteiger partial charge in [-0.15, -0.1) is 0 Å². The normalized spacial score (nSPS) is 10.9. The van der Waals surface area contributed by atoms with E-state index in [2.05, 4.69) is 13.8 Å². The van der Waals surface area contributed by atoms with Gasteiger partial charge in [0, 0.05) is 5.69 Å². The third-order valence-corrected chi connectivity index (χ3v) is 3.94. The lowest BCUT2D eigenvalue weighted by Crippen LogP contribution is -2.01. The first-order valence-corrected chi connectivity index (χ1v) is 8.29. The van der Waals surface area contributed by atoms with Gasteiger partial charge >= 0.3 is 0 Å². The number of hydrogen-bond acceptors (Lipinski definition) is 2. The molecular formula is C18H31NO. The fourth-order valence-electron chi connectivity index (χ4n) is 2.66. The molecule has 2 nitrogen and oxygen atoms in total. The number of hydrogen-bond donors (Lipinski definition) is 2. The molecule has 114 valence electrons. The molecule has 0 spiro atoms. The van der Waals surface area contributed by atoms with E-state index in [9.17, 15) is 5.11 Å². The molecule has 0 heterocycles. The van der Waals surface area contributed by atoms with E-state index in [4.69, 9.17) is 5.73 Å². The van der Waals surface area contributed by atoms with Gasteiger partial charge in [0.2, 0.25) is 0 Å². The molecule has 0 saturated carbocycles. The zero-order chi connectivity index (χ0) is 14.8. The average molecular weight is 277 g/mol. The van der Waals surface area contributed by atoms with Gasteiger partial charge in [0.1, 0.15) is 5.75 Å². The third kappa shape index (κ3) is 5.85. The summed E-state index contributed by atoms with van der Waals surface area (Å²) >= 11 is 0. The highest BCUT2D eigenvalue weighted by Gasteiger charge is 2.08. The molecule has 1 aromatic rings. The SMILES string of the molecule is CCCCCCc1cc(O)cc(CCCCCC)c1N. The van der Waals surface area contributed by atoms with Crippen LogP contribution in [0.15, 0.2) is 12.1 Å². The van der Waals surface area contributed by atoms with Crippen molar-refractivity contribution in [1.82, 2.24) is 0 Å². The monoisotopic (exact) mass is 277 g/mol. The van der Waals surface area contributed by atoms with Crippen LogP contribution in [0.5, 0.6) is 5.75 Å². The molecule has 0 bridgehead atoms. The van der Waals surface area contributed by atoms with Crippen LogP contribution in [0.2, 0.25) is 0 Å². The van der Waals surface area contributed by atoms with E-state index >= 15 is 0 Å². The van der Waals surface area contributed by atoms with Crippen molar-refractivity contribution in [3.05, 3.63) is 23.3 Å². The van der Waals surface area contributed by atoms with Gasteiger partial charge in [-0.1, -0.05) is 52.4 Å². The molecule has 1 rings (SSSR count). The van der Waals surface area contributed by atoms with E-state index in [1.807, 2.05) is 12.1 Å². The number of phenols is 1. The zero-order valence-corrected chi connectivity index (χ0v) is 13.3. The highest BCUT2D eigenvalue weighted by atomic mass is 16.3. The quantitative estimate of drug-likeness (QED) is 0.350. The standard InChI is InChI=1S/C18H31NO/c1-3-5-7-9-11-15-13-17(20)14-16(18(15)19)12-10-8-6-4-2/h13-14,20H,3-12,19H2,1-2H3. The minimum absolute atomic E-state index is 0.371. The van der Waals surface area contributed by atoms with E-state index in [0.29, 0.717) is 5.75 Å². The van der Waals surface area contributed by atoms with E-state index < -0.39 is 0 Å². The van der Waals surface area contributed by atoms with Crippen molar-refractivity contribution >= 4 is 5.69 Å². The minimum atomic E-state index is 0.371. The van der Waals surface area contributed by atoms with Crippen LogP contribution < -0.4 is 5.73 Å². The third-order valence-electron chi connectivity index (χ3n) is 3.94. The summed E-state index contributed by atoms with van der Waals surface area (Å²) in [5.74, 6) is 0.371. The summed E-state index contributed by atoms with van der Waals surface area (Å²) in [5.41, 5.74) is 9.45. The first-order valence-electron chi connectivity index (χ1n) is 8.29. The number of phenolic OH excluding ortho intramolecular Hbond substituents is 1. The van der Waals surface area contributed by atoms with E-state index in [1.54, 1.807) is 0 Å². The van der Waals surface area contributed by atoms with Gasteiger partial charge in [-0.25, -0.2) is 0 Å². The molecular weight excluding hydrogens is 246 g/mol. The van der Waals surface area contributed by atoms with E-state index in [1.165, 1.54) is 38.5 Å². The van der Waals surface area contributed by atoms with Gasteiger partial charge in [-0.2, -0.15) is 0 Å². The summed E-state index contributed by atoms with van der Waals surface area (Å²) in [5, 5.41) is 9.87. The Bertz CT molecular complexity index is 354. The molecule has 1 aromatic carbocycles. The molecule has 0 aromatic heterocycles. The van der Waals surface area contributed by atoms with Crippen molar-refractivity contribution in [2.75, 3.05) is 5.73 Å². The Balaban J connectivity index is 2.59. The molecule has 2 heteroatoms. The second-order valence-corrected chi connectivity index (χ2v) is 5.80. The fourth-order valence-corrected chi connectivity index (χ4v) is 2.66. The van der Waals surface area contributed by atoms with Crippen LogP contribution in [-0.4, -0.2) is 5.11 Å². The maximum atomic E-state index is 9.87. The number of aryl methyl sites for hydroxylation is 2. The number of rotatable bonds is 10. The van der Waals surface area contributed by atoms with Crippen molar-refractivity contribution in [3.63, 3.8) is 0 Å². The van der Waals surface area contributed by atoms with Gasteiger partial charge in [0.25, 0.3) is 0 Å². The molecule has 0 aliphatic rings. The average Bonchev–Trinajstić information content (AvgIpc) is 2.44. The lowest BCUT2D eigenvalue weighted by atomic mass is 9.97. The van der Waals surface area contributed by atoms with E-state index in [0.717, 1.165) is 42.5 Å². The number of anilines is 1. The Morgan fingerprint density at radius 2 is 1.25 bits per heavy atom. The molecule has 0 saturated heterocycles. The van der Waals surface area contributed by atoms with Crippen molar-refractivity contribution in [3.8, 4) is 5.75 Å². The van der Waals surface area contributed by atoms with Crippen LogP contribution in [0, 0.1) is 0 Å². The molecule has 0 atom stereocenters. The lowest BCUT2D eigenvalue weighted by Gasteiger charge is -2.12. The fraction of sp³-hybridized carbons (Fsp3) is 0.667. The molecule has 0 fully saturated rings. The Kier molecular flexibility index (Phi) is 8.17. The highest BCUT2D eigenvalue weighted by Crippen LogP contribution is 2.27. The second kappa shape index (κ2) is 9.68. The predicted molar refractivity (Wildman–Crippen MR) is 88.2 cm³/mol. The number of unbranched alkanes of at least 4 members (excludes halogenated alkanes) is 6. The molecule has 0 aliphatic heterocycles. The van der Waals surface area contributed by atoms with Crippen molar-refractivity contribution < 1.29 is 5.11 Å². The molecule has 0 unspecified atom stereocenters. The first-order chi connectivity index (χ1) is 9.69. The summed E-state index contributed by atoms with van der Waals surface area (Å²) in [7, 11) is 0. The van der Waals surface area contributed by atoms with Crippen LogP contribution in [0.4, 0.5) is 5.69 Å². The first kappa shape index (κ1) is 16.9. The van der Waals surface area contributed by atoms with Crippen LogP contribution in [0.3, 0.4) is 0 Å². The summed E-state index contributed by atoms with van der Waals surface area (Å²) in [6, 6.07) is 3.69. The maximum absolute atomic E-state index is 9.87. The Hall–Kier alpha value is -1.18. The van der Waals surface area contributed by atoms with Crippen molar-refractivity contribution in [2.45, 2.75) is 78.1 Å². The predicted octanol–water partition coefficient (Wildman–Crippen LogP) is 5.22. The highest BCUT2D eigenvalue weighted by molar-refractivity contribution is 5.57. The summed E-state index contributed by atoms with van der Waals surface area (Å²) < 4.78 is 0. The van der Waals surface area contributed by atoms with Crippen LogP contribution in [0.1, 0.15) is 76.3 Å². The number of benzene rings is 1. The Morgan fingerprint density at radius 1 is 0.800 bits per heavy atom. The molecule has 0 aliphatic carbocycles. The number of aromatic hydroxyl groups is 1.